The third kappa shape index (κ3) is 3.21. The molecular weight excluding hydrogens is 314 g/mol. The molecule has 1 unspecified atom stereocenters. The number of carbonyl (C=O) groups is 1. The van der Waals surface area contributed by atoms with Crippen LogP contribution in [0.5, 0.6) is 0 Å². The molecule has 1 saturated carbocycles. The zero-order valence-corrected chi connectivity index (χ0v) is 15.6. The lowest BCUT2D eigenvalue weighted by Crippen LogP contribution is -2.55. The van der Waals surface area contributed by atoms with E-state index >= 15 is 0 Å². The first kappa shape index (κ1) is 16.7. The van der Waals surface area contributed by atoms with Crippen molar-refractivity contribution in [3.63, 3.8) is 0 Å². The van der Waals surface area contributed by atoms with Crippen LogP contribution in [0.25, 0.3) is 0 Å². The van der Waals surface area contributed by atoms with Crippen LogP contribution in [-0.2, 0) is 4.74 Å². The molecule has 2 aliphatic heterocycles. The Hall–Kier alpha value is -1.78. The van der Waals surface area contributed by atoms with E-state index in [1.807, 2.05) is 27.0 Å². The van der Waals surface area contributed by atoms with E-state index in [0.717, 1.165) is 37.4 Å². The van der Waals surface area contributed by atoms with Gasteiger partial charge in [-0.15, -0.1) is 0 Å². The van der Waals surface area contributed by atoms with E-state index in [9.17, 15) is 4.79 Å². The maximum absolute atomic E-state index is 12.3. The van der Waals surface area contributed by atoms with Crippen LogP contribution in [0.1, 0.15) is 64.5 Å². The van der Waals surface area contributed by atoms with Gasteiger partial charge in [-0.2, -0.15) is 0 Å². The van der Waals surface area contributed by atoms with Gasteiger partial charge in [-0.1, -0.05) is 18.9 Å². The second-order valence-corrected chi connectivity index (χ2v) is 8.99. The number of likely N-dealkylation sites (tertiary alicyclic amines) is 1. The summed E-state index contributed by atoms with van der Waals surface area (Å²) < 4.78 is 5.49. The average molecular weight is 343 g/mol. The number of amides is 1. The van der Waals surface area contributed by atoms with Crippen molar-refractivity contribution in [2.75, 3.05) is 24.5 Å². The van der Waals surface area contributed by atoms with Gasteiger partial charge in [-0.3, -0.25) is 0 Å². The molecule has 2 saturated heterocycles. The van der Waals surface area contributed by atoms with Crippen molar-refractivity contribution in [3.05, 3.63) is 23.9 Å². The lowest BCUT2D eigenvalue weighted by atomic mass is 9.78. The molecule has 1 aliphatic carbocycles. The van der Waals surface area contributed by atoms with E-state index in [1.165, 1.54) is 25.7 Å². The van der Waals surface area contributed by atoms with Gasteiger partial charge in [0.2, 0.25) is 0 Å². The van der Waals surface area contributed by atoms with Gasteiger partial charge in [0.05, 0.1) is 6.04 Å². The minimum absolute atomic E-state index is 0.106. The monoisotopic (exact) mass is 343 g/mol. The quantitative estimate of drug-likeness (QED) is 0.809. The summed E-state index contributed by atoms with van der Waals surface area (Å²) in [4.78, 5) is 21.1. The molecule has 0 aromatic carbocycles. The first-order chi connectivity index (χ1) is 11.9. The lowest BCUT2D eigenvalue weighted by molar-refractivity contribution is -0.00579. The first-order valence-electron chi connectivity index (χ1n) is 9.56. The number of pyridine rings is 1. The number of hydrogen-bond donors (Lipinski definition) is 0. The Bertz CT molecular complexity index is 636. The molecule has 3 heterocycles. The number of ether oxygens (including phenoxy) is 1. The second kappa shape index (κ2) is 5.89. The topological polar surface area (TPSA) is 45.7 Å². The Labute approximate surface area is 150 Å². The van der Waals surface area contributed by atoms with Crippen LogP contribution >= 0.6 is 0 Å². The van der Waals surface area contributed by atoms with Crippen molar-refractivity contribution >= 4 is 11.9 Å². The number of hydrogen-bond acceptors (Lipinski definition) is 4. The minimum atomic E-state index is -0.451. The zero-order valence-electron chi connectivity index (χ0n) is 15.6. The number of rotatable bonds is 2. The Morgan fingerprint density at radius 3 is 2.48 bits per heavy atom. The van der Waals surface area contributed by atoms with Crippen molar-refractivity contribution in [3.8, 4) is 0 Å². The summed E-state index contributed by atoms with van der Waals surface area (Å²) in [5, 5.41) is 0. The van der Waals surface area contributed by atoms with Gasteiger partial charge in [0, 0.05) is 31.2 Å². The summed E-state index contributed by atoms with van der Waals surface area (Å²) in [5.41, 5.74) is 1.24. The van der Waals surface area contributed by atoms with Gasteiger partial charge in [-0.25, -0.2) is 9.78 Å². The third-order valence-electron chi connectivity index (χ3n) is 5.84. The maximum Gasteiger partial charge on any atom is 0.410 e. The van der Waals surface area contributed by atoms with Crippen LogP contribution in [0.3, 0.4) is 0 Å². The Morgan fingerprint density at radius 1 is 1.24 bits per heavy atom. The first-order valence-corrected chi connectivity index (χ1v) is 9.56. The van der Waals surface area contributed by atoms with Gasteiger partial charge < -0.3 is 14.5 Å². The van der Waals surface area contributed by atoms with Crippen molar-refractivity contribution in [1.82, 2.24) is 9.88 Å². The van der Waals surface area contributed by atoms with Crippen LogP contribution < -0.4 is 4.90 Å². The SMILES string of the molecule is CC(C)(C)OC(=O)N1CCC1c1ccc(N2CC3(CCCC3)C2)nc1. The molecule has 3 aliphatic rings. The predicted molar refractivity (Wildman–Crippen MR) is 97.6 cm³/mol. The highest BCUT2D eigenvalue weighted by atomic mass is 16.6. The van der Waals surface area contributed by atoms with Crippen molar-refractivity contribution in [2.24, 2.45) is 5.41 Å². The fourth-order valence-corrected chi connectivity index (χ4v) is 4.42. The number of aromatic nitrogens is 1. The summed E-state index contributed by atoms with van der Waals surface area (Å²) in [5.74, 6) is 1.07. The molecule has 3 fully saturated rings. The highest BCUT2D eigenvalue weighted by molar-refractivity contribution is 5.70. The zero-order chi connectivity index (χ0) is 17.7. The smallest absolute Gasteiger partial charge is 0.410 e. The summed E-state index contributed by atoms with van der Waals surface area (Å²) >= 11 is 0. The molecule has 1 aromatic rings. The van der Waals surface area contributed by atoms with Crippen LogP contribution in [0.15, 0.2) is 18.3 Å². The highest BCUT2D eigenvalue weighted by Gasteiger charge is 2.45. The number of carbonyl (C=O) groups excluding carboxylic acids is 1. The van der Waals surface area contributed by atoms with Gasteiger partial charge in [-0.05, 0) is 51.7 Å². The molecule has 1 aromatic heterocycles. The third-order valence-corrected chi connectivity index (χ3v) is 5.84. The van der Waals surface area contributed by atoms with Crippen LogP contribution in [0.2, 0.25) is 0 Å². The van der Waals surface area contributed by atoms with E-state index < -0.39 is 5.60 Å². The minimum Gasteiger partial charge on any atom is -0.444 e. The fraction of sp³-hybridized carbons (Fsp3) is 0.700. The summed E-state index contributed by atoms with van der Waals surface area (Å²) in [6.45, 7) is 8.79. The maximum atomic E-state index is 12.3. The molecule has 4 rings (SSSR count). The van der Waals surface area contributed by atoms with Crippen molar-refractivity contribution in [2.45, 2.75) is 64.5 Å². The molecule has 1 amide bonds. The molecule has 1 atom stereocenters. The Balaban J connectivity index is 1.37. The molecule has 1 spiro atoms. The molecule has 25 heavy (non-hydrogen) atoms. The molecule has 136 valence electrons. The van der Waals surface area contributed by atoms with Gasteiger partial charge in [0.25, 0.3) is 0 Å². The summed E-state index contributed by atoms with van der Waals surface area (Å²) in [6.07, 6.45) is 8.25. The highest BCUT2D eigenvalue weighted by Crippen LogP contribution is 2.46. The molecule has 5 heteroatoms. The van der Waals surface area contributed by atoms with E-state index in [4.69, 9.17) is 4.74 Å². The van der Waals surface area contributed by atoms with E-state index in [-0.39, 0.29) is 12.1 Å². The van der Waals surface area contributed by atoms with Crippen LogP contribution in [0, 0.1) is 5.41 Å². The molecular formula is C20H29N3O2. The van der Waals surface area contributed by atoms with E-state index in [1.54, 1.807) is 4.90 Å². The standard InChI is InChI=1S/C20H29N3O2/c1-19(2,3)25-18(24)23-11-8-16(23)15-6-7-17(21-12-15)22-13-20(14-22)9-4-5-10-20/h6-7,12,16H,4-5,8-11,13-14H2,1-3H3. The summed E-state index contributed by atoms with van der Waals surface area (Å²) in [6, 6.07) is 4.35. The van der Waals surface area contributed by atoms with Gasteiger partial charge in [0.15, 0.2) is 0 Å². The summed E-state index contributed by atoms with van der Waals surface area (Å²) in [7, 11) is 0. The normalized spacial score (nSPS) is 24.8. The van der Waals surface area contributed by atoms with Crippen molar-refractivity contribution in [1.29, 1.82) is 0 Å². The second-order valence-electron chi connectivity index (χ2n) is 8.99. The van der Waals surface area contributed by atoms with Crippen molar-refractivity contribution < 1.29 is 9.53 Å². The molecule has 0 radical (unpaired) electrons. The molecule has 0 N–H and O–H groups in total. The Morgan fingerprint density at radius 2 is 1.96 bits per heavy atom. The van der Waals surface area contributed by atoms with Gasteiger partial charge >= 0.3 is 6.09 Å². The van der Waals surface area contributed by atoms with E-state index in [0.29, 0.717) is 5.41 Å². The largest absolute Gasteiger partial charge is 0.444 e. The fourth-order valence-electron chi connectivity index (χ4n) is 4.42. The predicted octanol–water partition coefficient (Wildman–Crippen LogP) is 4.14. The van der Waals surface area contributed by atoms with Crippen LogP contribution in [0.4, 0.5) is 10.6 Å². The lowest BCUT2D eigenvalue weighted by Gasteiger charge is -2.49. The average Bonchev–Trinajstić information content (AvgIpc) is 2.93. The number of anilines is 1. The van der Waals surface area contributed by atoms with Gasteiger partial charge in [0.1, 0.15) is 11.4 Å². The Kier molecular flexibility index (Phi) is 3.93. The molecule has 0 bridgehead atoms. The molecule has 5 nitrogen and oxygen atoms in total. The van der Waals surface area contributed by atoms with Crippen LogP contribution in [-0.4, -0.2) is 41.2 Å². The number of nitrogens with zero attached hydrogens (tertiary/aromatic N) is 3. The van der Waals surface area contributed by atoms with E-state index in [2.05, 4.69) is 22.0 Å².